The fraction of sp³-hybridized carbons (Fsp3) is 0.400. The van der Waals surface area contributed by atoms with E-state index in [1.54, 1.807) is 6.20 Å². The minimum atomic E-state index is 0.0147. The molecule has 3 rings (SSSR count). The van der Waals surface area contributed by atoms with Gasteiger partial charge in [0.05, 0.1) is 12.2 Å². The van der Waals surface area contributed by atoms with Crippen LogP contribution in [0.3, 0.4) is 0 Å². The Morgan fingerprint density at radius 1 is 1.43 bits per heavy atom. The zero-order valence-electron chi connectivity index (χ0n) is 12.0. The molecule has 110 valence electrons. The molecule has 6 nitrogen and oxygen atoms in total. The van der Waals surface area contributed by atoms with Crippen LogP contribution in [0.4, 0.5) is 0 Å². The molecule has 1 aliphatic rings. The predicted molar refractivity (Wildman–Crippen MR) is 76.9 cm³/mol. The molecule has 2 aromatic rings. The highest BCUT2D eigenvalue weighted by Gasteiger charge is 2.27. The number of hydrogen-bond donors (Lipinski definition) is 0. The van der Waals surface area contributed by atoms with Crippen molar-refractivity contribution in [3.63, 3.8) is 0 Å². The van der Waals surface area contributed by atoms with Gasteiger partial charge in [0.15, 0.2) is 6.61 Å². The van der Waals surface area contributed by atoms with Gasteiger partial charge in [-0.2, -0.15) is 0 Å². The zero-order chi connectivity index (χ0) is 14.7. The lowest BCUT2D eigenvalue weighted by molar-refractivity contribution is -0.132. The summed E-state index contributed by atoms with van der Waals surface area (Å²) in [5.41, 5.74) is 1.03. The number of para-hydroxylation sites is 1. The van der Waals surface area contributed by atoms with Crippen molar-refractivity contribution < 1.29 is 9.53 Å². The first-order valence-electron chi connectivity index (χ1n) is 7.06. The Morgan fingerprint density at radius 3 is 3.05 bits per heavy atom. The fourth-order valence-electron chi connectivity index (χ4n) is 2.55. The third kappa shape index (κ3) is 3.04. The van der Waals surface area contributed by atoms with Crippen LogP contribution in [0.25, 0.3) is 0 Å². The van der Waals surface area contributed by atoms with Crippen molar-refractivity contribution in [2.24, 2.45) is 0 Å². The van der Waals surface area contributed by atoms with Crippen LogP contribution in [0.1, 0.15) is 18.0 Å². The van der Waals surface area contributed by atoms with Crippen molar-refractivity contribution >= 4 is 5.91 Å². The maximum Gasteiger partial charge on any atom is 0.260 e. The summed E-state index contributed by atoms with van der Waals surface area (Å²) < 4.78 is 7.43. The minimum absolute atomic E-state index is 0.0147. The first kappa shape index (κ1) is 13.6. The number of carbonyl (C=O) groups is 1. The number of carbonyl (C=O) groups excluding carboxylic acids is 1. The summed E-state index contributed by atoms with van der Waals surface area (Å²) in [6.45, 7) is 3.45. The topological polar surface area (TPSA) is 60.2 Å². The third-order valence-electron chi connectivity index (χ3n) is 3.78. The van der Waals surface area contributed by atoms with Crippen LogP contribution >= 0.6 is 0 Å². The molecule has 2 heterocycles. The van der Waals surface area contributed by atoms with Gasteiger partial charge in [-0.05, 0) is 25.0 Å². The van der Waals surface area contributed by atoms with E-state index in [0.717, 1.165) is 24.3 Å². The van der Waals surface area contributed by atoms with E-state index >= 15 is 0 Å². The van der Waals surface area contributed by atoms with Gasteiger partial charge in [-0.3, -0.25) is 4.79 Å². The second-order valence-corrected chi connectivity index (χ2v) is 5.22. The van der Waals surface area contributed by atoms with Crippen molar-refractivity contribution in [1.29, 1.82) is 0 Å². The Balaban J connectivity index is 1.54. The summed E-state index contributed by atoms with van der Waals surface area (Å²) in [5, 5.41) is 7.80. The molecule has 6 heteroatoms. The van der Waals surface area contributed by atoms with E-state index in [0.29, 0.717) is 6.54 Å². The molecule has 0 aliphatic carbocycles. The molecular weight excluding hydrogens is 268 g/mol. The quantitative estimate of drug-likeness (QED) is 0.853. The van der Waals surface area contributed by atoms with Gasteiger partial charge in [0.2, 0.25) is 0 Å². The number of ether oxygens (including phenoxy) is 1. The van der Waals surface area contributed by atoms with Gasteiger partial charge in [0.1, 0.15) is 5.75 Å². The summed E-state index contributed by atoms with van der Waals surface area (Å²) in [6, 6.07) is 7.92. The monoisotopic (exact) mass is 286 g/mol. The molecule has 0 saturated carbocycles. The molecule has 1 aromatic carbocycles. The minimum Gasteiger partial charge on any atom is -0.484 e. The molecule has 1 saturated heterocycles. The molecule has 1 atom stereocenters. The summed E-state index contributed by atoms with van der Waals surface area (Å²) in [5.74, 6) is 0.777. The van der Waals surface area contributed by atoms with Crippen molar-refractivity contribution in [1.82, 2.24) is 19.9 Å². The van der Waals surface area contributed by atoms with E-state index < -0.39 is 0 Å². The molecule has 1 fully saturated rings. The normalized spacial score (nSPS) is 18.0. The highest BCUT2D eigenvalue weighted by atomic mass is 16.5. The molecule has 21 heavy (non-hydrogen) atoms. The summed E-state index contributed by atoms with van der Waals surface area (Å²) in [7, 11) is 0. The lowest BCUT2D eigenvalue weighted by Gasteiger charge is -2.17. The van der Waals surface area contributed by atoms with Gasteiger partial charge in [-0.25, -0.2) is 4.68 Å². The average molecular weight is 286 g/mol. The van der Waals surface area contributed by atoms with Gasteiger partial charge >= 0.3 is 0 Å². The standard InChI is InChI=1S/C15H18N4O2/c1-12-4-2-3-5-14(12)21-11-15(20)18-8-6-13(10-18)19-9-7-16-17-19/h2-5,7,9,13H,6,8,10-11H2,1H3. The van der Waals surface area contributed by atoms with E-state index in [4.69, 9.17) is 4.74 Å². The van der Waals surface area contributed by atoms with Crippen molar-refractivity contribution in [3.05, 3.63) is 42.2 Å². The lowest BCUT2D eigenvalue weighted by atomic mass is 10.2. The maximum absolute atomic E-state index is 12.2. The molecule has 1 aromatic heterocycles. The highest BCUT2D eigenvalue weighted by Crippen LogP contribution is 2.21. The second-order valence-electron chi connectivity index (χ2n) is 5.22. The van der Waals surface area contributed by atoms with E-state index in [1.165, 1.54) is 0 Å². The van der Waals surface area contributed by atoms with Gasteiger partial charge in [-0.15, -0.1) is 5.10 Å². The maximum atomic E-state index is 12.2. The fourth-order valence-corrected chi connectivity index (χ4v) is 2.55. The molecule has 1 unspecified atom stereocenters. The number of amides is 1. The van der Waals surface area contributed by atoms with Crippen molar-refractivity contribution in [3.8, 4) is 5.75 Å². The summed E-state index contributed by atoms with van der Waals surface area (Å²) >= 11 is 0. The Labute approximate surface area is 123 Å². The number of likely N-dealkylation sites (tertiary alicyclic amines) is 1. The van der Waals surface area contributed by atoms with Crippen LogP contribution in [-0.4, -0.2) is 45.5 Å². The molecule has 0 bridgehead atoms. The van der Waals surface area contributed by atoms with Crippen LogP contribution in [0.5, 0.6) is 5.75 Å². The third-order valence-corrected chi connectivity index (χ3v) is 3.78. The smallest absolute Gasteiger partial charge is 0.260 e. The molecular formula is C15H18N4O2. The first-order valence-corrected chi connectivity index (χ1v) is 7.06. The Kier molecular flexibility index (Phi) is 3.85. The van der Waals surface area contributed by atoms with Gasteiger partial charge in [-0.1, -0.05) is 23.4 Å². The van der Waals surface area contributed by atoms with Crippen molar-refractivity contribution in [2.75, 3.05) is 19.7 Å². The molecule has 0 spiro atoms. The summed E-state index contributed by atoms with van der Waals surface area (Å²) in [6.07, 6.45) is 4.40. The summed E-state index contributed by atoms with van der Waals surface area (Å²) in [4.78, 5) is 14.0. The number of aryl methyl sites for hydroxylation is 1. The van der Waals surface area contributed by atoms with Gasteiger partial charge in [0.25, 0.3) is 5.91 Å². The van der Waals surface area contributed by atoms with Crippen LogP contribution in [0.15, 0.2) is 36.7 Å². The van der Waals surface area contributed by atoms with E-state index in [9.17, 15) is 4.79 Å². The van der Waals surface area contributed by atoms with Crippen LogP contribution in [0, 0.1) is 6.92 Å². The number of aromatic nitrogens is 3. The molecule has 0 N–H and O–H groups in total. The first-order chi connectivity index (χ1) is 10.2. The van der Waals surface area contributed by atoms with Gasteiger partial charge < -0.3 is 9.64 Å². The lowest BCUT2D eigenvalue weighted by Crippen LogP contribution is -2.33. The molecule has 0 radical (unpaired) electrons. The Hall–Kier alpha value is -2.37. The Bertz CT molecular complexity index is 612. The van der Waals surface area contributed by atoms with Crippen molar-refractivity contribution in [2.45, 2.75) is 19.4 Å². The number of benzene rings is 1. The predicted octanol–water partition coefficient (Wildman–Crippen LogP) is 1.44. The largest absolute Gasteiger partial charge is 0.484 e. The SMILES string of the molecule is Cc1ccccc1OCC(=O)N1CCC(n2ccnn2)C1. The van der Waals surface area contributed by atoms with Crippen LogP contribution in [-0.2, 0) is 4.79 Å². The number of nitrogens with zero attached hydrogens (tertiary/aromatic N) is 4. The van der Waals surface area contributed by atoms with E-state index in [2.05, 4.69) is 10.3 Å². The van der Waals surface area contributed by atoms with Crippen LogP contribution in [0.2, 0.25) is 0 Å². The van der Waals surface area contributed by atoms with E-state index in [-0.39, 0.29) is 18.6 Å². The van der Waals surface area contributed by atoms with E-state index in [1.807, 2.05) is 47.0 Å². The number of rotatable bonds is 4. The second kappa shape index (κ2) is 5.95. The molecule has 1 aliphatic heterocycles. The Morgan fingerprint density at radius 2 is 2.29 bits per heavy atom. The highest BCUT2D eigenvalue weighted by molar-refractivity contribution is 5.78. The van der Waals surface area contributed by atoms with Gasteiger partial charge in [0, 0.05) is 19.3 Å². The molecule has 1 amide bonds. The average Bonchev–Trinajstić information content (AvgIpc) is 3.16. The number of hydrogen-bond acceptors (Lipinski definition) is 4. The zero-order valence-corrected chi connectivity index (χ0v) is 12.0. The van der Waals surface area contributed by atoms with Crippen LogP contribution < -0.4 is 4.74 Å².